The number of pyridine rings is 1. The monoisotopic (exact) mass is 270 g/mol. The second kappa shape index (κ2) is 9.56. The molecule has 0 aromatic carbocycles. The first-order chi connectivity index (χ1) is 9.59. The van der Waals surface area contributed by atoms with Gasteiger partial charge in [-0.05, 0) is 7.11 Å². The number of rotatable bonds is 4. The minimum atomic E-state index is -2.53. The Balaban J connectivity index is 0.000000370. The van der Waals surface area contributed by atoms with Crippen molar-refractivity contribution >= 4 is 6.35 Å². The normalized spacial score (nSPS) is 9.40. The lowest BCUT2D eigenvalue weighted by molar-refractivity contribution is -0.703. The van der Waals surface area contributed by atoms with Crippen molar-refractivity contribution in [1.29, 1.82) is 15.8 Å². The minimum Gasteiger partial charge on any atom is -0.559 e. The van der Waals surface area contributed by atoms with Crippen molar-refractivity contribution in [3.8, 4) is 17.9 Å². The number of aryl methyl sites for hydroxylation is 2. The van der Waals surface area contributed by atoms with Gasteiger partial charge in [0.05, 0.1) is 0 Å². The van der Waals surface area contributed by atoms with Crippen molar-refractivity contribution in [3.63, 3.8) is 0 Å². The summed E-state index contributed by atoms with van der Waals surface area (Å²) in [7, 11) is 1.16. The third-order valence-corrected chi connectivity index (χ3v) is 2.82. The van der Waals surface area contributed by atoms with Crippen molar-refractivity contribution in [2.75, 3.05) is 7.11 Å². The molecular formula is C14H19BN4O. The predicted molar refractivity (Wildman–Crippen MR) is 75.9 cm³/mol. The van der Waals surface area contributed by atoms with Crippen LogP contribution in [-0.4, -0.2) is 13.5 Å². The van der Waals surface area contributed by atoms with Crippen LogP contribution in [0.25, 0.3) is 0 Å². The van der Waals surface area contributed by atoms with Gasteiger partial charge in [-0.2, -0.15) is 0 Å². The lowest BCUT2D eigenvalue weighted by Gasteiger charge is -2.12. The third-order valence-electron chi connectivity index (χ3n) is 2.82. The van der Waals surface area contributed by atoms with E-state index < -0.39 is 6.35 Å². The Kier molecular flexibility index (Phi) is 8.43. The number of nitrogens with zero attached hydrogens (tertiary/aromatic N) is 4. The van der Waals surface area contributed by atoms with E-state index in [2.05, 4.69) is 47.5 Å². The maximum atomic E-state index is 8.18. The molecule has 1 aromatic heterocycles. The van der Waals surface area contributed by atoms with Crippen molar-refractivity contribution in [1.82, 2.24) is 0 Å². The summed E-state index contributed by atoms with van der Waals surface area (Å²) in [5.41, 5.74) is 1.35. The standard InChI is InChI=1S/C10H16N.C4H3BN3O/c1-3-4-8-11-9-6-5-7-10(11)2;1-9-5(2-6,3-7)4-8/h5-7,9H,3-4,8H2,1-2H3;1H3/q+1;-1. The SMILES string of the molecule is CCCC[n+]1ccccc1C.CO[B-](C#N)(C#N)C#N. The quantitative estimate of drug-likeness (QED) is 0.617. The average Bonchev–Trinajstić information content (AvgIpc) is 2.50. The van der Waals surface area contributed by atoms with Crippen LogP contribution in [0.15, 0.2) is 24.4 Å². The number of nitriles is 3. The van der Waals surface area contributed by atoms with Crippen molar-refractivity contribution in [2.45, 2.75) is 33.2 Å². The number of aromatic nitrogens is 1. The molecule has 0 aliphatic heterocycles. The Hall–Kier alpha value is -2.36. The molecule has 0 aliphatic rings. The largest absolute Gasteiger partial charge is 0.559 e. The Labute approximate surface area is 120 Å². The highest BCUT2D eigenvalue weighted by molar-refractivity contribution is 6.94. The van der Waals surface area contributed by atoms with Crippen LogP contribution in [0.2, 0.25) is 0 Å². The molecule has 0 fully saturated rings. The zero-order valence-corrected chi connectivity index (χ0v) is 12.2. The Morgan fingerprint density at radius 3 is 2.15 bits per heavy atom. The summed E-state index contributed by atoms with van der Waals surface area (Å²) in [6.45, 7) is 5.53. The topological polar surface area (TPSA) is 84.5 Å². The second-order valence-electron chi connectivity index (χ2n) is 4.30. The van der Waals surface area contributed by atoms with Gasteiger partial charge < -0.3 is 4.65 Å². The first kappa shape index (κ1) is 17.6. The maximum absolute atomic E-state index is 8.18. The predicted octanol–water partition coefficient (Wildman–Crippen LogP) is 1.85. The van der Waals surface area contributed by atoms with Crippen LogP contribution in [-0.2, 0) is 11.2 Å². The van der Waals surface area contributed by atoms with Gasteiger partial charge in [-0.25, -0.2) is 20.4 Å². The van der Waals surface area contributed by atoms with Crippen molar-refractivity contribution in [2.24, 2.45) is 0 Å². The zero-order chi connectivity index (χ0) is 15.4. The maximum Gasteiger partial charge on any atom is 0.408 e. The molecular weight excluding hydrogens is 251 g/mol. The summed E-state index contributed by atoms with van der Waals surface area (Å²) in [6, 6.07) is 6.32. The molecule has 0 saturated heterocycles. The van der Waals surface area contributed by atoms with Gasteiger partial charge in [0, 0.05) is 25.5 Å². The Morgan fingerprint density at radius 2 is 1.80 bits per heavy atom. The van der Waals surface area contributed by atoms with E-state index in [0.29, 0.717) is 0 Å². The fourth-order valence-corrected chi connectivity index (χ4v) is 1.39. The first-order valence-electron chi connectivity index (χ1n) is 6.47. The van der Waals surface area contributed by atoms with E-state index in [1.54, 1.807) is 0 Å². The third kappa shape index (κ3) is 5.52. The van der Waals surface area contributed by atoms with Gasteiger partial charge in [0.25, 0.3) is 0 Å². The zero-order valence-electron chi connectivity index (χ0n) is 12.2. The summed E-state index contributed by atoms with van der Waals surface area (Å²) in [6.07, 6.45) is 2.15. The Morgan fingerprint density at radius 1 is 1.20 bits per heavy atom. The van der Waals surface area contributed by atoms with E-state index >= 15 is 0 Å². The molecule has 20 heavy (non-hydrogen) atoms. The van der Waals surface area contributed by atoms with Gasteiger partial charge in [-0.1, -0.05) is 37.3 Å². The molecule has 0 N–H and O–H groups in total. The van der Waals surface area contributed by atoms with Crippen molar-refractivity contribution in [3.05, 3.63) is 30.1 Å². The minimum absolute atomic E-state index is 1.16. The van der Waals surface area contributed by atoms with Crippen LogP contribution in [0.1, 0.15) is 25.5 Å². The van der Waals surface area contributed by atoms with Crippen LogP contribution >= 0.6 is 0 Å². The average molecular weight is 270 g/mol. The summed E-state index contributed by atoms with van der Waals surface area (Å²) >= 11 is 0. The molecule has 0 spiro atoms. The second-order valence-corrected chi connectivity index (χ2v) is 4.30. The van der Waals surface area contributed by atoms with E-state index in [0.717, 1.165) is 13.7 Å². The molecule has 0 amide bonds. The highest BCUT2D eigenvalue weighted by Gasteiger charge is 2.22. The molecule has 104 valence electrons. The molecule has 0 unspecified atom stereocenters. The lowest BCUT2D eigenvalue weighted by Crippen LogP contribution is -2.36. The van der Waals surface area contributed by atoms with Gasteiger partial charge in [-0.15, -0.1) is 0 Å². The van der Waals surface area contributed by atoms with Gasteiger partial charge in [-0.3, -0.25) is 0 Å². The molecule has 1 rings (SSSR count). The van der Waals surface area contributed by atoms with Gasteiger partial charge in [0.2, 0.25) is 0 Å². The molecule has 0 bridgehead atoms. The molecule has 0 aliphatic carbocycles. The summed E-state index contributed by atoms with van der Waals surface area (Å²) in [5.74, 6) is 4.45. The number of unbranched alkanes of at least 4 members (excludes halogenated alkanes) is 1. The van der Waals surface area contributed by atoms with Crippen LogP contribution in [0.4, 0.5) is 0 Å². The molecule has 6 heteroatoms. The molecule has 0 saturated carbocycles. The molecule has 0 radical (unpaired) electrons. The van der Waals surface area contributed by atoms with Crippen LogP contribution in [0, 0.1) is 40.6 Å². The van der Waals surface area contributed by atoms with E-state index in [1.807, 2.05) is 0 Å². The van der Waals surface area contributed by atoms with Crippen LogP contribution < -0.4 is 4.57 Å². The molecule has 0 atom stereocenters. The fourth-order valence-electron chi connectivity index (χ4n) is 1.39. The number of hydrogen-bond donors (Lipinski definition) is 0. The highest BCUT2D eigenvalue weighted by atomic mass is 16.4. The van der Waals surface area contributed by atoms with E-state index in [1.165, 1.54) is 36.4 Å². The van der Waals surface area contributed by atoms with Gasteiger partial charge in [0.1, 0.15) is 6.54 Å². The molecule has 1 aromatic rings. The summed E-state index contributed by atoms with van der Waals surface area (Å²) in [4.78, 5) is 0. The smallest absolute Gasteiger partial charge is 0.408 e. The van der Waals surface area contributed by atoms with E-state index in [9.17, 15) is 0 Å². The van der Waals surface area contributed by atoms with Crippen LogP contribution in [0.3, 0.4) is 0 Å². The first-order valence-corrected chi connectivity index (χ1v) is 6.47. The van der Waals surface area contributed by atoms with E-state index in [-0.39, 0.29) is 0 Å². The molecule has 5 nitrogen and oxygen atoms in total. The lowest BCUT2D eigenvalue weighted by atomic mass is 9.45. The molecule has 1 heterocycles. The summed E-state index contributed by atoms with van der Waals surface area (Å²) in [5, 5.41) is 24.6. The Bertz CT molecular complexity index is 503. The van der Waals surface area contributed by atoms with Gasteiger partial charge in [0.15, 0.2) is 11.9 Å². The van der Waals surface area contributed by atoms with Crippen LogP contribution in [0.5, 0.6) is 0 Å². The van der Waals surface area contributed by atoms with Gasteiger partial charge >= 0.3 is 6.35 Å². The highest BCUT2D eigenvalue weighted by Crippen LogP contribution is 1.96. The fraction of sp³-hybridized carbons (Fsp3) is 0.429. The van der Waals surface area contributed by atoms with Crippen molar-refractivity contribution < 1.29 is 9.22 Å². The van der Waals surface area contributed by atoms with E-state index in [4.69, 9.17) is 15.8 Å². The summed E-state index contributed by atoms with van der Waals surface area (Å²) < 4.78 is 6.66. The number of hydrogen-bond acceptors (Lipinski definition) is 4.